The van der Waals surface area contributed by atoms with Crippen LogP contribution in [0.1, 0.15) is 23.2 Å². The van der Waals surface area contributed by atoms with Gasteiger partial charge in [-0.15, -0.1) is 0 Å². The molecule has 0 aromatic heterocycles. The Hall–Kier alpha value is -2.08. The van der Waals surface area contributed by atoms with Crippen molar-refractivity contribution >= 4 is 11.8 Å². The van der Waals surface area contributed by atoms with Crippen LogP contribution < -0.4 is 15.2 Å². The van der Waals surface area contributed by atoms with Crippen LogP contribution in [0.5, 0.6) is 11.5 Å². The second-order valence-electron chi connectivity index (χ2n) is 4.28. The van der Waals surface area contributed by atoms with Crippen LogP contribution in [0.3, 0.4) is 0 Å². The van der Waals surface area contributed by atoms with E-state index in [2.05, 4.69) is 0 Å². The van der Waals surface area contributed by atoms with Crippen LogP contribution in [0.15, 0.2) is 18.2 Å². The van der Waals surface area contributed by atoms with Crippen molar-refractivity contribution in [1.29, 1.82) is 0 Å². The van der Waals surface area contributed by atoms with Gasteiger partial charge in [0.2, 0.25) is 0 Å². The Labute approximate surface area is 110 Å². The van der Waals surface area contributed by atoms with E-state index in [4.69, 9.17) is 20.3 Å². The first-order chi connectivity index (χ1) is 9.08. The first-order valence-corrected chi connectivity index (χ1v) is 5.99. The Kier molecular flexibility index (Phi) is 4.01. The summed E-state index contributed by atoms with van der Waals surface area (Å²) < 4.78 is 10.9. The zero-order chi connectivity index (χ0) is 13.8. The quantitative estimate of drug-likeness (QED) is 0.782. The number of carboxylic acid groups (broad SMARTS) is 1. The summed E-state index contributed by atoms with van der Waals surface area (Å²) in [6, 6.07) is 3.70. The SMILES string of the molecule is NC(CC(=O)O)C(=O)c1ccc2c(c1)OCCCO2. The molecule has 102 valence electrons. The number of carbonyl (C=O) groups is 2. The van der Waals surface area contributed by atoms with E-state index in [1.165, 1.54) is 0 Å². The maximum absolute atomic E-state index is 12.0. The van der Waals surface area contributed by atoms with Crippen molar-refractivity contribution in [3.8, 4) is 11.5 Å². The van der Waals surface area contributed by atoms with Crippen molar-refractivity contribution in [2.24, 2.45) is 5.73 Å². The lowest BCUT2D eigenvalue weighted by atomic mass is 10.0. The van der Waals surface area contributed by atoms with Crippen LogP contribution in [0.4, 0.5) is 0 Å². The molecule has 6 nitrogen and oxygen atoms in total. The van der Waals surface area contributed by atoms with Gasteiger partial charge in [0, 0.05) is 12.0 Å². The first kappa shape index (κ1) is 13.4. The Morgan fingerprint density at radius 3 is 2.63 bits per heavy atom. The Bertz CT molecular complexity index is 500. The van der Waals surface area contributed by atoms with E-state index in [0.717, 1.165) is 6.42 Å². The zero-order valence-corrected chi connectivity index (χ0v) is 10.3. The number of rotatable bonds is 4. The molecule has 3 N–H and O–H groups in total. The molecule has 1 heterocycles. The molecule has 1 atom stereocenters. The highest BCUT2D eigenvalue weighted by molar-refractivity contribution is 6.02. The van der Waals surface area contributed by atoms with Gasteiger partial charge in [0.05, 0.1) is 25.7 Å². The maximum atomic E-state index is 12.0. The third kappa shape index (κ3) is 3.23. The average Bonchev–Trinajstić information content (AvgIpc) is 2.61. The molecule has 0 fully saturated rings. The number of nitrogens with two attached hydrogens (primary N) is 1. The molecule has 0 aliphatic carbocycles. The second-order valence-corrected chi connectivity index (χ2v) is 4.28. The van der Waals surface area contributed by atoms with Gasteiger partial charge in [0.25, 0.3) is 0 Å². The van der Waals surface area contributed by atoms with Gasteiger partial charge in [0.15, 0.2) is 17.3 Å². The average molecular weight is 265 g/mol. The van der Waals surface area contributed by atoms with Crippen LogP contribution in [0.2, 0.25) is 0 Å². The number of hydrogen-bond acceptors (Lipinski definition) is 5. The van der Waals surface area contributed by atoms with Crippen LogP contribution >= 0.6 is 0 Å². The topological polar surface area (TPSA) is 98.9 Å². The second kappa shape index (κ2) is 5.71. The number of aliphatic carboxylic acids is 1. The molecule has 1 aliphatic rings. The van der Waals surface area contributed by atoms with Gasteiger partial charge < -0.3 is 20.3 Å². The summed E-state index contributed by atoms with van der Waals surface area (Å²) in [5.74, 6) is -0.444. The lowest BCUT2D eigenvalue weighted by Crippen LogP contribution is -2.32. The molecule has 1 aromatic rings. The molecule has 19 heavy (non-hydrogen) atoms. The van der Waals surface area contributed by atoms with E-state index < -0.39 is 24.2 Å². The predicted molar refractivity (Wildman–Crippen MR) is 66.6 cm³/mol. The van der Waals surface area contributed by atoms with Crippen LogP contribution in [-0.2, 0) is 4.79 Å². The van der Waals surface area contributed by atoms with Crippen molar-refractivity contribution in [3.63, 3.8) is 0 Å². The molecule has 1 aromatic carbocycles. The molecule has 0 bridgehead atoms. The summed E-state index contributed by atoms with van der Waals surface area (Å²) in [5.41, 5.74) is 5.89. The molecule has 6 heteroatoms. The van der Waals surface area contributed by atoms with Gasteiger partial charge in [-0.25, -0.2) is 0 Å². The van der Waals surface area contributed by atoms with E-state index in [1.54, 1.807) is 18.2 Å². The fraction of sp³-hybridized carbons (Fsp3) is 0.385. The van der Waals surface area contributed by atoms with Gasteiger partial charge in [-0.2, -0.15) is 0 Å². The Morgan fingerprint density at radius 1 is 1.26 bits per heavy atom. The number of ketones is 1. The highest BCUT2D eigenvalue weighted by Gasteiger charge is 2.21. The third-order valence-corrected chi connectivity index (χ3v) is 2.76. The number of carbonyl (C=O) groups excluding carboxylic acids is 1. The highest BCUT2D eigenvalue weighted by Crippen LogP contribution is 2.30. The molecule has 1 aliphatic heterocycles. The molecule has 0 saturated heterocycles. The monoisotopic (exact) mass is 265 g/mol. The minimum atomic E-state index is -1.10. The lowest BCUT2D eigenvalue weighted by molar-refractivity contribution is -0.137. The molecular formula is C13H15NO5. The molecule has 0 spiro atoms. The fourth-order valence-corrected chi connectivity index (χ4v) is 1.81. The van der Waals surface area contributed by atoms with Crippen LogP contribution in [0.25, 0.3) is 0 Å². The molecule has 1 unspecified atom stereocenters. The van der Waals surface area contributed by atoms with E-state index >= 15 is 0 Å². The number of ether oxygens (including phenoxy) is 2. The van der Waals surface area contributed by atoms with Crippen LogP contribution in [0, 0.1) is 0 Å². The minimum absolute atomic E-state index is 0.331. The lowest BCUT2D eigenvalue weighted by Gasteiger charge is -2.11. The van der Waals surface area contributed by atoms with Gasteiger partial charge in [-0.3, -0.25) is 9.59 Å². The number of carboxylic acids is 1. The van der Waals surface area contributed by atoms with E-state index in [0.29, 0.717) is 30.3 Å². The van der Waals surface area contributed by atoms with Crippen molar-refractivity contribution in [2.45, 2.75) is 18.9 Å². The molecule has 0 amide bonds. The zero-order valence-electron chi connectivity index (χ0n) is 10.3. The number of hydrogen-bond donors (Lipinski definition) is 2. The summed E-state index contributed by atoms with van der Waals surface area (Å²) in [5, 5.41) is 8.63. The normalized spacial score (nSPS) is 15.4. The van der Waals surface area contributed by atoms with Gasteiger partial charge >= 0.3 is 5.97 Å². The first-order valence-electron chi connectivity index (χ1n) is 5.99. The van der Waals surface area contributed by atoms with Crippen LogP contribution in [-0.4, -0.2) is 36.1 Å². The fourth-order valence-electron chi connectivity index (χ4n) is 1.81. The largest absolute Gasteiger partial charge is 0.490 e. The molecule has 0 saturated carbocycles. The summed E-state index contributed by atoms with van der Waals surface area (Å²) in [6.07, 6.45) is 0.379. The Morgan fingerprint density at radius 2 is 1.95 bits per heavy atom. The van der Waals surface area contributed by atoms with Gasteiger partial charge in [-0.05, 0) is 18.2 Å². The molecule has 2 rings (SSSR count). The number of Topliss-reactive ketones (excluding diaryl/α,β-unsaturated/α-hetero) is 1. The van der Waals surface area contributed by atoms with Crippen molar-refractivity contribution in [1.82, 2.24) is 0 Å². The molecular weight excluding hydrogens is 250 g/mol. The number of benzene rings is 1. The molecule has 0 radical (unpaired) electrons. The summed E-state index contributed by atoms with van der Waals surface area (Å²) in [7, 11) is 0. The highest BCUT2D eigenvalue weighted by atomic mass is 16.5. The van der Waals surface area contributed by atoms with Crippen molar-refractivity contribution in [2.75, 3.05) is 13.2 Å². The predicted octanol–water partition coefficient (Wildman–Crippen LogP) is 0.833. The van der Waals surface area contributed by atoms with E-state index in [1.807, 2.05) is 0 Å². The summed E-state index contributed by atoms with van der Waals surface area (Å²) >= 11 is 0. The van der Waals surface area contributed by atoms with E-state index in [-0.39, 0.29) is 0 Å². The summed E-state index contributed by atoms with van der Waals surface area (Å²) in [6.45, 7) is 1.09. The van der Waals surface area contributed by atoms with E-state index in [9.17, 15) is 9.59 Å². The summed E-state index contributed by atoms with van der Waals surface area (Å²) in [4.78, 5) is 22.5. The minimum Gasteiger partial charge on any atom is -0.490 e. The number of fused-ring (bicyclic) bond motifs is 1. The smallest absolute Gasteiger partial charge is 0.305 e. The Balaban J connectivity index is 2.19. The maximum Gasteiger partial charge on any atom is 0.305 e. The van der Waals surface area contributed by atoms with Gasteiger partial charge in [0.1, 0.15) is 0 Å². The van der Waals surface area contributed by atoms with Gasteiger partial charge in [-0.1, -0.05) is 0 Å². The standard InChI is InChI=1S/C13H15NO5/c14-9(7-12(15)16)13(17)8-2-3-10-11(6-8)19-5-1-4-18-10/h2-3,6,9H,1,4-5,7,14H2,(H,15,16). The van der Waals surface area contributed by atoms with Crippen molar-refractivity contribution in [3.05, 3.63) is 23.8 Å². The third-order valence-electron chi connectivity index (χ3n) is 2.76. The van der Waals surface area contributed by atoms with Crippen molar-refractivity contribution < 1.29 is 24.2 Å².